The van der Waals surface area contributed by atoms with Crippen LogP contribution in [-0.4, -0.2) is 24.5 Å². The molecule has 0 aliphatic carbocycles. The number of benzene rings is 1. The highest BCUT2D eigenvalue weighted by Gasteiger charge is 2.15. The van der Waals surface area contributed by atoms with Gasteiger partial charge in [0.25, 0.3) is 0 Å². The molecule has 0 aliphatic heterocycles. The van der Waals surface area contributed by atoms with Gasteiger partial charge in [-0.15, -0.1) is 0 Å². The van der Waals surface area contributed by atoms with E-state index < -0.39 is 0 Å². The van der Waals surface area contributed by atoms with E-state index in [-0.39, 0.29) is 10.8 Å². The van der Waals surface area contributed by atoms with Crippen molar-refractivity contribution in [2.45, 2.75) is 37.4 Å². The monoisotopic (exact) mass is 328 g/mol. The highest BCUT2D eigenvalue weighted by molar-refractivity contribution is 9.10. The number of ether oxygens (including phenoxy) is 2. The zero-order chi connectivity index (χ0) is 14.1. The highest BCUT2D eigenvalue weighted by Crippen LogP contribution is 2.17. The molecule has 4 heteroatoms. The van der Waals surface area contributed by atoms with Crippen molar-refractivity contribution >= 4 is 21.9 Å². The number of esters is 1. The molecule has 0 heterocycles. The Hall–Kier alpha value is -1.03. The number of alkyl halides is 1. The van der Waals surface area contributed by atoms with Gasteiger partial charge in [0, 0.05) is 0 Å². The molecule has 0 radical (unpaired) electrons. The Labute approximate surface area is 123 Å². The quantitative estimate of drug-likeness (QED) is 0.538. The fraction of sp³-hybridized carbons (Fsp3) is 0.533. The van der Waals surface area contributed by atoms with Crippen LogP contribution < -0.4 is 4.74 Å². The standard InChI is InChI=1S/C15H21BrO3/c1-3-10-19-15(17)14(16)9-5-7-12-6-4-8-13(11-12)18-2/h4,6,8,11,14H,3,5,7,9-10H2,1-2H3. The molecule has 1 aromatic rings. The Morgan fingerprint density at radius 1 is 1.42 bits per heavy atom. The van der Waals surface area contributed by atoms with Gasteiger partial charge in [-0.05, 0) is 43.4 Å². The molecule has 3 nitrogen and oxygen atoms in total. The fourth-order valence-corrected chi connectivity index (χ4v) is 2.18. The molecule has 1 unspecified atom stereocenters. The second-order valence-corrected chi connectivity index (χ2v) is 5.48. The summed E-state index contributed by atoms with van der Waals surface area (Å²) in [5.41, 5.74) is 1.22. The molecule has 106 valence electrons. The van der Waals surface area contributed by atoms with E-state index in [9.17, 15) is 4.79 Å². The number of rotatable bonds is 8. The van der Waals surface area contributed by atoms with Crippen LogP contribution in [0.2, 0.25) is 0 Å². The molecule has 0 saturated heterocycles. The van der Waals surface area contributed by atoms with Crippen molar-refractivity contribution in [1.29, 1.82) is 0 Å². The van der Waals surface area contributed by atoms with Gasteiger partial charge in [0.15, 0.2) is 0 Å². The van der Waals surface area contributed by atoms with Crippen molar-refractivity contribution in [3.63, 3.8) is 0 Å². The summed E-state index contributed by atoms with van der Waals surface area (Å²) >= 11 is 3.38. The van der Waals surface area contributed by atoms with E-state index in [1.54, 1.807) is 7.11 Å². The molecule has 0 N–H and O–H groups in total. The number of hydrogen-bond acceptors (Lipinski definition) is 3. The van der Waals surface area contributed by atoms with Gasteiger partial charge in [0.2, 0.25) is 0 Å². The van der Waals surface area contributed by atoms with Crippen LogP contribution in [0.15, 0.2) is 24.3 Å². The Morgan fingerprint density at radius 2 is 2.21 bits per heavy atom. The van der Waals surface area contributed by atoms with Crippen LogP contribution in [0, 0.1) is 0 Å². The first-order chi connectivity index (χ1) is 9.17. The summed E-state index contributed by atoms with van der Waals surface area (Å²) in [6, 6.07) is 8.01. The first-order valence-electron chi connectivity index (χ1n) is 6.61. The zero-order valence-electron chi connectivity index (χ0n) is 11.5. The topological polar surface area (TPSA) is 35.5 Å². The lowest BCUT2D eigenvalue weighted by Crippen LogP contribution is -2.18. The summed E-state index contributed by atoms with van der Waals surface area (Å²) in [5, 5.41) is 0. The largest absolute Gasteiger partial charge is 0.497 e. The maximum atomic E-state index is 11.6. The average Bonchev–Trinajstić information content (AvgIpc) is 2.44. The Kier molecular flexibility index (Phi) is 7.56. The van der Waals surface area contributed by atoms with Gasteiger partial charge >= 0.3 is 5.97 Å². The fourth-order valence-electron chi connectivity index (χ4n) is 1.72. The molecular formula is C15H21BrO3. The minimum absolute atomic E-state index is 0.160. The molecular weight excluding hydrogens is 308 g/mol. The third kappa shape index (κ3) is 6.10. The number of carbonyl (C=O) groups is 1. The lowest BCUT2D eigenvalue weighted by atomic mass is 10.1. The summed E-state index contributed by atoms with van der Waals surface area (Å²) in [5.74, 6) is 0.711. The zero-order valence-corrected chi connectivity index (χ0v) is 13.1. The van der Waals surface area contributed by atoms with Crippen LogP contribution in [-0.2, 0) is 16.0 Å². The second kappa shape index (κ2) is 8.97. The number of carbonyl (C=O) groups excluding carboxylic acids is 1. The van der Waals surface area contributed by atoms with Gasteiger partial charge in [-0.1, -0.05) is 35.0 Å². The third-order valence-electron chi connectivity index (χ3n) is 2.76. The number of aryl methyl sites for hydroxylation is 1. The molecule has 1 aromatic carbocycles. The van der Waals surface area contributed by atoms with E-state index in [1.165, 1.54) is 5.56 Å². The third-order valence-corrected chi connectivity index (χ3v) is 3.59. The lowest BCUT2D eigenvalue weighted by molar-refractivity contribution is -0.142. The molecule has 0 aromatic heterocycles. The summed E-state index contributed by atoms with van der Waals surface area (Å²) in [4.78, 5) is 11.4. The summed E-state index contributed by atoms with van der Waals surface area (Å²) < 4.78 is 10.3. The molecule has 19 heavy (non-hydrogen) atoms. The second-order valence-electron chi connectivity index (χ2n) is 4.38. The van der Waals surface area contributed by atoms with E-state index >= 15 is 0 Å². The van der Waals surface area contributed by atoms with E-state index in [0.29, 0.717) is 6.61 Å². The molecule has 0 saturated carbocycles. The predicted molar refractivity (Wildman–Crippen MR) is 79.9 cm³/mol. The summed E-state index contributed by atoms with van der Waals surface area (Å²) in [6.07, 6.45) is 3.50. The summed E-state index contributed by atoms with van der Waals surface area (Å²) in [7, 11) is 1.66. The van der Waals surface area contributed by atoms with E-state index in [2.05, 4.69) is 22.0 Å². The van der Waals surface area contributed by atoms with Crippen LogP contribution in [0.25, 0.3) is 0 Å². The Bertz CT molecular complexity index is 393. The minimum atomic E-state index is -0.204. The lowest BCUT2D eigenvalue weighted by Gasteiger charge is -2.09. The van der Waals surface area contributed by atoms with Gasteiger partial charge in [-0.25, -0.2) is 0 Å². The predicted octanol–water partition coefficient (Wildman–Crippen LogP) is 3.73. The molecule has 1 rings (SSSR count). The highest BCUT2D eigenvalue weighted by atomic mass is 79.9. The Balaban J connectivity index is 2.30. The van der Waals surface area contributed by atoms with Crippen LogP contribution in [0.3, 0.4) is 0 Å². The smallest absolute Gasteiger partial charge is 0.319 e. The van der Waals surface area contributed by atoms with Crippen LogP contribution in [0.1, 0.15) is 31.7 Å². The normalized spacial score (nSPS) is 11.9. The van der Waals surface area contributed by atoms with Gasteiger partial charge in [-0.2, -0.15) is 0 Å². The SMILES string of the molecule is CCCOC(=O)C(Br)CCCc1cccc(OC)c1. The number of hydrogen-bond donors (Lipinski definition) is 0. The van der Waals surface area contributed by atoms with Crippen LogP contribution in [0.4, 0.5) is 0 Å². The van der Waals surface area contributed by atoms with Crippen molar-refractivity contribution in [2.24, 2.45) is 0 Å². The van der Waals surface area contributed by atoms with Crippen molar-refractivity contribution < 1.29 is 14.3 Å². The number of methoxy groups -OCH3 is 1. The number of halogens is 1. The van der Waals surface area contributed by atoms with Crippen molar-refractivity contribution in [3.05, 3.63) is 29.8 Å². The minimum Gasteiger partial charge on any atom is -0.497 e. The maximum Gasteiger partial charge on any atom is 0.319 e. The summed E-state index contributed by atoms with van der Waals surface area (Å²) in [6.45, 7) is 2.48. The molecule has 0 spiro atoms. The van der Waals surface area contributed by atoms with Gasteiger partial charge in [0.1, 0.15) is 10.6 Å². The van der Waals surface area contributed by atoms with Gasteiger partial charge < -0.3 is 9.47 Å². The van der Waals surface area contributed by atoms with Crippen molar-refractivity contribution in [1.82, 2.24) is 0 Å². The van der Waals surface area contributed by atoms with Crippen molar-refractivity contribution in [2.75, 3.05) is 13.7 Å². The Morgan fingerprint density at radius 3 is 2.89 bits per heavy atom. The van der Waals surface area contributed by atoms with Crippen LogP contribution in [0.5, 0.6) is 5.75 Å². The molecule has 0 aliphatic rings. The van der Waals surface area contributed by atoms with E-state index in [4.69, 9.17) is 9.47 Å². The van der Waals surface area contributed by atoms with Crippen molar-refractivity contribution in [3.8, 4) is 5.75 Å². The molecule has 0 fully saturated rings. The first-order valence-corrected chi connectivity index (χ1v) is 7.52. The van der Waals surface area contributed by atoms with Gasteiger partial charge in [-0.3, -0.25) is 4.79 Å². The average molecular weight is 329 g/mol. The van der Waals surface area contributed by atoms with Gasteiger partial charge in [0.05, 0.1) is 13.7 Å². The van der Waals surface area contributed by atoms with E-state index in [1.807, 2.05) is 25.1 Å². The van der Waals surface area contributed by atoms with Crippen LogP contribution >= 0.6 is 15.9 Å². The molecule has 1 atom stereocenters. The molecule has 0 bridgehead atoms. The molecule has 0 amide bonds. The van der Waals surface area contributed by atoms with E-state index in [0.717, 1.165) is 31.4 Å². The first kappa shape index (κ1) is 16.0. The maximum absolute atomic E-state index is 11.6.